The van der Waals surface area contributed by atoms with E-state index in [9.17, 15) is 4.79 Å². The average molecular weight is 550 g/mol. The number of hydrogen-bond donors (Lipinski definition) is 2. The normalized spacial score (nSPS) is 14.7. The summed E-state index contributed by atoms with van der Waals surface area (Å²) in [5.41, 5.74) is 5.93. The van der Waals surface area contributed by atoms with Gasteiger partial charge in [0.25, 0.3) is 0 Å². The molecule has 0 radical (unpaired) electrons. The lowest BCUT2D eigenvalue weighted by Crippen LogP contribution is -2.23. The van der Waals surface area contributed by atoms with Gasteiger partial charge in [-0.15, -0.1) is 23.2 Å². The van der Waals surface area contributed by atoms with Crippen molar-refractivity contribution in [2.75, 3.05) is 22.4 Å². The van der Waals surface area contributed by atoms with Crippen LogP contribution in [0.15, 0.2) is 105 Å². The predicted molar refractivity (Wildman–Crippen MR) is 153 cm³/mol. The maximum absolute atomic E-state index is 13.8. The second kappa shape index (κ2) is 10.1. The molecule has 2 unspecified atom stereocenters. The largest absolute Gasteiger partial charge is 0.354 e. The first-order valence-corrected chi connectivity index (χ1v) is 14.4. The predicted octanol–water partition coefficient (Wildman–Crippen LogP) is 9.02. The number of alkyl halides is 2. The zero-order valence-corrected chi connectivity index (χ0v) is 22.3. The first-order chi connectivity index (χ1) is 17.6. The van der Waals surface area contributed by atoms with Crippen molar-refractivity contribution in [2.24, 2.45) is 0 Å². The number of benzene rings is 4. The highest BCUT2D eigenvalue weighted by atomic mass is 35.5. The summed E-state index contributed by atoms with van der Waals surface area (Å²) in [5, 5.41) is 7.01. The molecule has 0 amide bonds. The standard InChI is InChI=1S/C29H22Cl2N2OS2/c30-15-19(17-9-11-27-23(13-17)32-21-5-1-3-7-25(21)35-27)29(34)20(16-31)18-10-12-28-24(14-18)33-22-6-2-4-8-26(22)36-28/h1-14,19-20,32-33H,15-16H2. The number of anilines is 4. The van der Waals surface area contributed by atoms with E-state index in [1.165, 1.54) is 9.79 Å². The van der Waals surface area contributed by atoms with Gasteiger partial charge in [0.1, 0.15) is 5.78 Å². The molecule has 0 bridgehead atoms. The van der Waals surface area contributed by atoms with Crippen LogP contribution in [0, 0.1) is 0 Å². The minimum atomic E-state index is -0.455. The lowest BCUT2D eigenvalue weighted by Gasteiger charge is -2.25. The quantitative estimate of drug-likeness (QED) is 0.203. The Morgan fingerprint density at radius 1 is 0.611 bits per heavy atom. The SMILES string of the molecule is O=C(C(CCl)c1ccc2c(c1)Nc1ccccc1S2)C(CCl)c1ccc2c(c1)Nc1ccccc1S2. The maximum atomic E-state index is 13.8. The van der Waals surface area contributed by atoms with Gasteiger partial charge < -0.3 is 10.6 Å². The molecule has 0 aromatic heterocycles. The maximum Gasteiger partial charge on any atom is 0.150 e. The summed E-state index contributed by atoms with van der Waals surface area (Å²) in [7, 11) is 0. The highest BCUT2D eigenvalue weighted by molar-refractivity contribution is 8.00. The van der Waals surface area contributed by atoms with Gasteiger partial charge >= 0.3 is 0 Å². The summed E-state index contributed by atoms with van der Waals surface area (Å²) < 4.78 is 0. The van der Waals surface area contributed by atoms with Crippen LogP contribution in [0.3, 0.4) is 0 Å². The van der Waals surface area contributed by atoms with Gasteiger partial charge in [-0.3, -0.25) is 4.79 Å². The van der Waals surface area contributed by atoms with Gasteiger partial charge in [-0.2, -0.15) is 0 Å². The van der Waals surface area contributed by atoms with Crippen LogP contribution in [-0.2, 0) is 4.79 Å². The Hall–Kier alpha value is -2.57. The highest BCUT2D eigenvalue weighted by Gasteiger charge is 2.30. The Morgan fingerprint density at radius 3 is 1.47 bits per heavy atom. The summed E-state index contributed by atoms with van der Waals surface area (Å²) in [6.45, 7) is 0. The van der Waals surface area contributed by atoms with Crippen molar-refractivity contribution >= 4 is 75.3 Å². The van der Waals surface area contributed by atoms with Crippen molar-refractivity contribution in [1.29, 1.82) is 0 Å². The molecule has 0 aliphatic carbocycles. The summed E-state index contributed by atoms with van der Waals surface area (Å²) in [6, 6.07) is 28.7. The van der Waals surface area contributed by atoms with E-state index in [2.05, 4.69) is 59.2 Å². The molecule has 0 fully saturated rings. The summed E-state index contributed by atoms with van der Waals surface area (Å²) in [5.74, 6) is -0.484. The van der Waals surface area contributed by atoms with Crippen molar-refractivity contribution in [3.05, 3.63) is 96.1 Å². The molecule has 180 valence electrons. The van der Waals surface area contributed by atoms with Crippen molar-refractivity contribution < 1.29 is 4.79 Å². The third-order valence-corrected chi connectivity index (χ3v) is 9.48. The minimum absolute atomic E-state index is 0.0348. The van der Waals surface area contributed by atoms with Gasteiger partial charge in [0.2, 0.25) is 0 Å². The zero-order chi connectivity index (χ0) is 24.6. The Bertz CT molecular complexity index is 1370. The molecule has 36 heavy (non-hydrogen) atoms. The van der Waals surface area contributed by atoms with Crippen molar-refractivity contribution in [3.8, 4) is 0 Å². The lowest BCUT2D eigenvalue weighted by molar-refractivity contribution is -0.121. The molecule has 0 saturated heterocycles. The first-order valence-electron chi connectivity index (χ1n) is 11.7. The zero-order valence-electron chi connectivity index (χ0n) is 19.1. The van der Waals surface area contributed by atoms with E-state index >= 15 is 0 Å². The molecule has 0 spiro atoms. The first kappa shape index (κ1) is 23.8. The number of nitrogens with one attached hydrogen (secondary N) is 2. The van der Waals surface area contributed by atoms with Crippen LogP contribution in [0.2, 0.25) is 0 Å². The molecule has 7 heteroatoms. The summed E-state index contributed by atoms with van der Waals surface area (Å²) in [4.78, 5) is 18.5. The van der Waals surface area contributed by atoms with Crippen LogP contribution in [0.1, 0.15) is 23.0 Å². The van der Waals surface area contributed by atoms with E-state index in [1.54, 1.807) is 23.5 Å². The van der Waals surface area contributed by atoms with Gasteiger partial charge in [0, 0.05) is 31.3 Å². The smallest absolute Gasteiger partial charge is 0.150 e. The number of carbonyl (C=O) groups is 1. The number of halogens is 2. The fraction of sp³-hybridized carbons (Fsp3) is 0.138. The average Bonchev–Trinajstić information content (AvgIpc) is 2.91. The van der Waals surface area contributed by atoms with Crippen LogP contribution in [0.5, 0.6) is 0 Å². The number of para-hydroxylation sites is 2. The molecule has 2 atom stereocenters. The van der Waals surface area contributed by atoms with E-state index in [0.29, 0.717) is 0 Å². The van der Waals surface area contributed by atoms with E-state index < -0.39 is 11.8 Å². The number of Topliss-reactive ketones (excluding diaryl/α,β-unsaturated/α-hetero) is 1. The fourth-order valence-electron chi connectivity index (χ4n) is 4.65. The number of ketones is 1. The molecule has 3 nitrogen and oxygen atoms in total. The van der Waals surface area contributed by atoms with Gasteiger partial charge in [0.15, 0.2) is 0 Å². The molecule has 4 aromatic carbocycles. The second-order valence-electron chi connectivity index (χ2n) is 8.77. The molecule has 0 saturated carbocycles. The molecular formula is C29H22Cl2N2OS2. The number of carbonyl (C=O) groups excluding carboxylic acids is 1. The Morgan fingerprint density at radius 2 is 1.03 bits per heavy atom. The number of rotatable bonds is 6. The monoisotopic (exact) mass is 548 g/mol. The van der Waals surface area contributed by atoms with Crippen molar-refractivity contribution in [3.63, 3.8) is 0 Å². The van der Waals surface area contributed by atoms with Crippen molar-refractivity contribution in [2.45, 2.75) is 31.4 Å². The van der Waals surface area contributed by atoms with E-state index in [0.717, 1.165) is 43.7 Å². The van der Waals surface area contributed by atoms with Crippen LogP contribution < -0.4 is 10.6 Å². The molecule has 2 aliphatic heterocycles. The van der Waals surface area contributed by atoms with E-state index in [4.69, 9.17) is 23.2 Å². The number of fused-ring (bicyclic) bond motifs is 4. The van der Waals surface area contributed by atoms with E-state index in [-0.39, 0.29) is 17.5 Å². The molecular weight excluding hydrogens is 527 g/mol. The molecule has 2 aliphatic rings. The van der Waals surface area contributed by atoms with Gasteiger partial charge in [-0.1, -0.05) is 59.9 Å². The Labute approximate surface area is 229 Å². The third-order valence-electron chi connectivity index (χ3n) is 6.56. The summed E-state index contributed by atoms with van der Waals surface area (Å²) in [6.07, 6.45) is 0. The second-order valence-corrected chi connectivity index (χ2v) is 11.6. The summed E-state index contributed by atoms with van der Waals surface area (Å²) >= 11 is 16.3. The topological polar surface area (TPSA) is 41.1 Å². The highest BCUT2D eigenvalue weighted by Crippen LogP contribution is 2.47. The molecule has 6 rings (SSSR count). The van der Waals surface area contributed by atoms with Crippen LogP contribution in [0.4, 0.5) is 22.7 Å². The lowest BCUT2D eigenvalue weighted by atomic mass is 9.85. The van der Waals surface area contributed by atoms with Gasteiger partial charge in [-0.25, -0.2) is 0 Å². The van der Waals surface area contributed by atoms with Crippen LogP contribution in [0.25, 0.3) is 0 Å². The molecule has 2 heterocycles. The molecule has 2 N–H and O–H groups in total. The van der Waals surface area contributed by atoms with Gasteiger partial charge in [0.05, 0.1) is 34.6 Å². The van der Waals surface area contributed by atoms with Crippen molar-refractivity contribution in [1.82, 2.24) is 0 Å². The molecule has 4 aromatic rings. The Balaban J connectivity index is 1.27. The van der Waals surface area contributed by atoms with Gasteiger partial charge in [-0.05, 0) is 59.7 Å². The van der Waals surface area contributed by atoms with Crippen LogP contribution >= 0.6 is 46.7 Å². The third kappa shape index (κ3) is 4.39. The minimum Gasteiger partial charge on any atom is -0.354 e. The number of hydrogen-bond acceptors (Lipinski definition) is 5. The van der Waals surface area contributed by atoms with Crippen LogP contribution in [-0.4, -0.2) is 17.5 Å². The Kier molecular flexibility index (Phi) is 6.65. The van der Waals surface area contributed by atoms with E-state index in [1.807, 2.05) is 36.4 Å². The fourth-order valence-corrected chi connectivity index (χ4v) is 7.25.